The van der Waals surface area contributed by atoms with Crippen LogP contribution >= 0.6 is 0 Å². The number of benzene rings is 1. The first-order valence-corrected chi connectivity index (χ1v) is 9.20. The Hall–Kier alpha value is -3.55. The third-order valence-corrected chi connectivity index (χ3v) is 5.07. The van der Waals surface area contributed by atoms with Crippen molar-refractivity contribution in [2.24, 2.45) is 5.73 Å². The molecule has 29 heavy (non-hydrogen) atoms. The monoisotopic (exact) mass is 395 g/mol. The predicted octanol–water partition coefficient (Wildman–Crippen LogP) is 2.47. The molecule has 1 saturated carbocycles. The minimum absolute atomic E-state index is 0.256. The van der Waals surface area contributed by atoms with Crippen LogP contribution in [0.25, 0.3) is 11.0 Å². The van der Waals surface area contributed by atoms with Gasteiger partial charge in [0.05, 0.1) is 18.2 Å². The highest BCUT2D eigenvalue weighted by molar-refractivity contribution is 6.09. The number of carbonyl (C=O) groups is 2. The maximum atomic E-state index is 12.8. The third-order valence-electron chi connectivity index (χ3n) is 5.07. The zero-order chi connectivity index (χ0) is 20.6. The van der Waals surface area contributed by atoms with Gasteiger partial charge in [-0.25, -0.2) is 4.98 Å². The zero-order valence-corrected chi connectivity index (χ0v) is 16.2. The van der Waals surface area contributed by atoms with Gasteiger partial charge in [0, 0.05) is 11.6 Å². The van der Waals surface area contributed by atoms with E-state index in [1.165, 1.54) is 0 Å². The number of nitrogens with one attached hydrogen (secondary N) is 1. The SMILES string of the molecule is COc1ncccc1COc1ccc2oc(C)c(C(=O)NC3(C(N)=O)CC3)c2c1. The summed E-state index contributed by atoms with van der Waals surface area (Å²) in [7, 11) is 1.55. The summed E-state index contributed by atoms with van der Waals surface area (Å²) in [6, 6.07) is 8.92. The third kappa shape index (κ3) is 3.49. The summed E-state index contributed by atoms with van der Waals surface area (Å²) in [5, 5.41) is 3.36. The number of primary amides is 1. The standard InChI is InChI=1S/C21H21N3O5/c1-12-17(18(25)24-21(7-8-21)20(22)26)15-10-14(5-6-16(15)29-12)28-11-13-4-3-9-23-19(13)27-2/h3-6,9-10H,7-8,11H2,1-2H3,(H2,22,26)(H,24,25). The van der Waals surface area contributed by atoms with E-state index < -0.39 is 11.4 Å². The normalized spacial score (nSPS) is 14.4. The quantitative estimate of drug-likeness (QED) is 0.635. The lowest BCUT2D eigenvalue weighted by atomic mass is 10.1. The van der Waals surface area contributed by atoms with Crippen molar-refractivity contribution in [2.75, 3.05) is 7.11 Å². The maximum absolute atomic E-state index is 12.8. The van der Waals surface area contributed by atoms with Gasteiger partial charge in [0.2, 0.25) is 11.8 Å². The van der Waals surface area contributed by atoms with Gasteiger partial charge in [-0.15, -0.1) is 0 Å². The topological polar surface area (TPSA) is 117 Å². The first-order chi connectivity index (χ1) is 13.9. The van der Waals surface area contributed by atoms with E-state index in [1.807, 2.05) is 6.07 Å². The van der Waals surface area contributed by atoms with Crippen LogP contribution in [0.4, 0.5) is 0 Å². The number of methoxy groups -OCH3 is 1. The molecule has 150 valence electrons. The van der Waals surface area contributed by atoms with Crippen molar-refractivity contribution in [2.45, 2.75) is 31.9 Å². The minimum Gasteiger partial charge on any atom is -0.489 e. The highest BCUT2D eigenvalue weighted by Crippen LogP contribution is 2.36. The van der Waals surface area contributed by atoms with E-state index in [4.69, 9.17) is 19.6 Å². The highest BCUT2D eigenvalue weighted by Gasteiger charge is 2.50. The molecule has 3 aromatic rings. The fraction of sp³-hybridized carbons (Fsp3) is 0.286. The van der Waals surface area contributed by atoms with Crippen molar-refractivity contribution in [3.63, 3.8) is 0 Å². The number of aromatic nitrogens is 1. The molecule has 8 nitrogen and oxygen atoms in total. The molecule has 1 aliphatic rings. The number of carbonyl (C=O) groups excluding carboxylic acids is 2. The van der Waals surface area contributed by atoms with E-state index in [1.54, 1.807) is 44.5 Å². The molecule has 1 aromatic carbocycles. The number of hydrogen-bond donors (Lipinski definition) is 2. The molecule has 0 radical (unpaired) electrons. The van der Waals surface area contributed by atoms with E-state index >= 15 is 0 Å². The summed E-state index contributed by atoms with van der Waals surface area (Å²) < 4.78 is 16.8. The molecule has 4 rings (SSSR count). The molecule has 0 atom stereocenters. The number of nitrogens with two attached hydrogens (primary N) is 1. The fourth-order valence-electron chi connectivity index (χ4n) is 3.29. The number of aryl methyl sites for hydroxylation is 1. The van der Waals surface area contributed by atoms with Crippen LogP contribution in [0, 0.1) is 6.92 Å². The second-order valence-corrected chi connectivity index (χ2v) is 7.05. The van der Waals surface area contributed by atoms with Gasteiger partial charge < -0.3 is 24.9 Å². The van der Waals surface area contributed by atoms with Gasteiger partial charge in [0.1, 0.15) is 29.2 Å². The van der Waals surface area contributed by atoms with Crippen LogP contribution in [0.1, 0.15) is 34.5 Å². The second-order valence-electron chi connectivity index (χ2n) is 7.05. The Bertz CT molecular complexity index is 1100. The van der Waals surface area contributed by atoms with Gasteiger partial charge in [0.15, 0.2) is 0 Å². The summed E-state index contributed by atoms with van der Waals surface area (Å²) in [6.45, 7) is 1.96. The molecule has 1 aliphatic carbocycles. The van der Waals surface area contributed by atoms with Crippen LogP contribution in [0.3, 0.4) is 0 Å². The smallest absolute Gasteiger partial charge is 0.256 e. The van der Waals surface area contributed by atoms with Gasteiger partial charge >= 0.3 is 0 Å². The van der Waals surface area contributed by atoms with Crippen LogP contribution in [0.5, 0.6) is 11.6 Å². The number of nitrogens with zero attached hydrogens (tertiary/aromatic N) is 1. The first-order valence-electron chi connectivity index (χ1n) is 9.20. The molecular weight excluding hydrogens is 374 g/mol. The Morgan fingerprint density at radius 3 is 2.79 bits per heavy atom. The largest absolute Gasteiger partial charge is 0.489 e. The van der Waals surface area contributed by atoms with Crippen molar-refractivity contribution in [3.05, 3.63) is 53.4 Å². The van der Waals surface area contributed by atoms with Crippen molar-refractivity contribution in [1.29, 1.82) is 0 Å². The van der Waals surface area contributed by atoms with E-state index in [2.05, 4.69) is 10.3 Å². The van der Waals surface area contributed by atoms with E-state index in [0.717, 1.165) is 5.56 Å². The first kappa shape index (κ1) is 18.8. The van der Waals surface area contributed by atoms with E-state index in [-0.39, 0.29) is 12.5 Å². The van der Waals surface area contributed by atoms with Crippen LogP contribution < -0.4 is 20.5 Å². The van der Waals surface area contributed by atoms with Crippen LogP contribution in [0.15, 0.2) is 40.9 Å². The van der Waals surface area contributed by atoms with Gasteiger partial charge in [-0.1, -0.05) is 0 Å². The molecule has 0 spiro atoms. The average molecular weight is 395 g/mol. The number of furan rings is 1. The van der Waals surface area contributed by atoms with E-state index in [9.17, 15) is 9.59 Å². The van der Waals surface area contributed by atoms with Crippen LogP contribution in [-0.4, -0.2) is 29.4 Å². The number of pyridine rings is 1. The Labute approximate surface area is 167 Å². The molecule has 2 heterocycles. The van der Waals surface area contributed by atoms with Gasteiger partial charge in [-0.2, -0.15) is 0 Å². The lowest BCUT2D eigenvalue weighted by Crippen LogP contribution is -2.46. The van der Waals surface area contributed by atoms with Gasteiger partial charge in [-0.05, 0) is 50.1 Å². The van der Waals surface area contributed by atoms with Crippen molar-refractivity contribution in [3.8, 4) is 11.6 Å². The molecule has 0 bridgehead atoms. The summed E-state index contributed by atoms with van der Waals surface area (Å²) in [5.74, 6) is 0.612. The molecular formula is C21H21N3O5. The maximum Gasteiger partial charge on any atom is 0.256 e. The summed E-state index contributed by atoms with van der Waals surface area (Å²) >= 11 is 0. The lowest BCUT2D eigenvalue weighted by molar-refractivity contribution is -0.120. The summed E-state index contributed by atoms with van der Waals surface area (Å²) in [4.78, 5) is 28.6. The molecule has 8 heteroatoms. The lowest BCUT2D eigenvalue weighted by Gasteiger charge is -2.13. The average Bonchev–Trinajstić information content (AvgIpc) is 3.41. The molecule has 3 N–H and O–H groups in total. The minimum atomic E-state index is -0.946. The molecule has 0 saturated heterocycles. The zero-order valence-electron chi connectivity index (χ0n) is 16.2. The summed E-state index contributed by atoms with van der Waals surface area (Å²) in [6.07, 6.45) is 2.74. The number of amides is 2. The van der Waals surface area contributed by atoms with Crippen molar-refractivity contribution >= 4 is 22.8 Å². The Morgan fingerprint density at radius 1 is 1.31 bits per heavy atom. The Kier molecular flexibility index (Phi) is 4.62. The number of hydrogen-bond acceptors (Lipinski definition) is 6. The predicted molar refractivity (Wildman–Crippen MR) is 105 cm³/mol. The Morgan fingerprint density at radius 2 is 2.10 bits per heavy atom. The Balaban J connectivity index is 1.59. The number of rotatable bonds is 7. The molecule has 1 fully saturated rings. The molecule has 2 aromatic heterocycles. The van der Waals surface area contributed by atoms with Gasteiger partial charge in [-0.3, -0.25) is 9.59 Å². The van der Waals surface area contributed by atoms with Gasteiger partial charge in [0.25, 0.3) is 5.91 Å². The highest BCUT2D eigenvalue weighted by atomic mass is 16.5. The molecule has 0 unspecified atom stereocenters. The number of ether oxygens (including phenoxy) is 2. The molecule has 2 amide bonds. The fourth-order valence-corrected chi connectivity index (χ4v) is 3.29. The number of fused-ring (bicyclic) bond motifs is 1. The van der Waals surface area contributed by atoms with Crippen LogP contribution in [0.2, 0.25) is 0 Å². The molecule has 0 aliphatic heterocycles. The van der Waals surface area contributed by atoms with Crippen molar-refractivity contribution in [1.82, 2.24) is 10.3 Å². The summed E-state index contributed by atoms with van der Waals surface area (Å²) in [5.41, 5.74) is 6.20. The van der Waals surface area contributed by atoms with Crippen molar-refractivity contribution < 1.29 is 23.5 Å². The second kappa shape index (κ2) is 7.12. The van der Waals surface area contributed by atoms with E-state index in [0.29, 0.717) is 46.8 Å². The van der Waals surface area contributed by atoms with Crippen LogP contribution in [-0.2, 0) is 11.4 Å².